The van der Waals surface area contributed by atoms with Crippen LogP contribution in [0.5, 0.6) is 0 Å². The highest BCUT2D eigenvalue weighted by atomic mass is 16.1. The lowest BCUT2D eigenvalue weighted by Crippen LogP contribution is -2.27. The van der Waals surface area contributed by atoms with Gasteiger partial charge in [-0.25, -0.2) is 14.8 Å². The Balaban J connectivity index is 2.06. The van der Waals surface area contributed by atoms with Crippen LogP contribution in [0.4, 0.5) is 0 Å². The van der Waals surface area contributed by atoms with Crippen LogP contribution in [0.2, 0.25) is 0 Å². The summed E-state index contributed by atoms with van der Waals surface area (Å²) >= 11 is 0. The van der Waals surface area contributed by atoms with Gasteiger partial charge in [0.2, 0.25) is 0 Å². The highest BCUT2D eigenvalue weighted by Gasteiger charge is 2.18. The molecular formula is C16H13N4O+. The highest BCUT2D eigenvalue weighted by molar-refractivity contribution is 5.83. The molecule has 0 radical (unpaired) electrons. The van der Waals surface area contributed by atoms with Crippen molar-refractivity contribution in [1.82, 2.24) is 14.8 Å². The Labute approximate surface area is 119 Å². The first-order chi connectivity index (χ1) is 10.2. The summed E-state index contributed by atoms with van der Waals surface area (Å²) in [4.78, 5) is 19.0. The van der Waals surface area contributed by atoms with Crippen LogP contribution in [0.15, 0.2) is 53.3 Å². The van der Waals surface area contributed by atoms with E-state index in [1.54, 1.807) is 0 Å². The van der Waals surface area contributed by atoms with Crippen LogP contribution >= 0.6 is 0 Å². The summed E-state index contributed by atoms with van der Waals surface area (Å²) in [5, 5.41) is 5.96. The summed E-state index contributed by atoms with van der Waals surface area (Å²) in [6, 6.07) is 15.3. The van der Waals surface area contributed by atoms with E-state index in [2.05, 4.69) is 15.1 Å². The molecule has 0 saturated carbocycles. The molecule has 4 aromatic rings. The van der Waals surface area contributed by atoms with Crippen molar-refractivity contribution >= 4 is 21.8 Å². The van der Waals surface area contributed by atoms with Crippen molar-refractivity contribution in [2.24, 2.45) is 0 Å². The van der Waals surface area contributed by atoms with Crippen molar-refractivity contribution < 1.29 is 4.98 Å². The molecule has 0 spiro atoms. The van der Waals surface area contributed by atoms with Crippen molar-refractivity contribution in [2.75, 3.05) is 0 Å². The first-order valence-corrected chi connectivity index (χ1v) is 6.73. The molecule has 21 heavy (non-hydrogen) atoms. The summed E-state index contributed by atoms with van der Waals surface area (Å²) < 4.78 is 1.39. The minimum Gasteiger partial charge on any atom is -0.248 e. The molecule has 5 nitrogen and oxygen atoms in total. The lowest BCUT2D eigenvalue weighted by Gasteiger charge is -2.00. The van der Waals surface area contributed by atoms with E-state index in [0.29, 0.717) is 11.3 Å². The summed E-state index contributed by atoms with van der Waals surface area (Å²) in [5.74, 6) is 0.565. The molecule has 0 aliphatic heterocycles. The van der Waals surface area contributed by atoms with Crippen LogP contribution in [-0.4, -0.2) is 14.8 Å². The van der Waals surface area contributed by atoms with Gasteiger partial charge in [0.05, 0.1) is 11.1 Å². The predicted molar refractivity (Wildman–Crippen MR) is 80.5 cm³/mol. The standard InChI is InChI=1S/C16H12N4O/c1-10-11-6-2-3-7-12(11)15(21)20(19-10)16-17-13-8-4-5-9-14(13)18-16/h2-9H,1H3,(H,17,18)/p+1. The van der Waals surface area contributed by atoms with Crippen LogP contribution in [0, 0.1) is 6.92 Å². The fourth-order valence-corrected chi connectivity index (χ4v) is 2.59. The van der Waals surface area contributed by atoms with Crippen LogP contribution in [-0.2, 0) is 0 Å². The van der Waals surface area contributed by atoms with E-state index in [4.69, 9.17) is 0 Å². The van der Waals surface area contributed by atoms with Crippen LogP contribution < -0.4 is 10.5 Å². The molecular weight excluding hydrogens is 264 g/mol. The Kier molecular flexibility index (Phi) is 2.41. The van der Waals surface area contributed by atoms with Gasteiger partial charge in [0.1, 0.15) is 11.0 Å². The molecule has 0 saturated heterocycles. The fraction of sp³-hybridized carbons (Fsp3) is 0.0625. The molecule has 4 rings (SSSR count). The summed E-state index contributed by atoms with van der Waals surface area (Å²) in [7, 11) is 0. The van der Waals surface area contributed by atoms with E-state index in [0.717, 1.165) is 22.1 Å². The molecule has 102 valence electrons. The van der Waals surface area contributed by atoms with Gasteiger partial charge in [0.25, 0.3) is 0 Å². The van der Waals surface area contributed by atoms with E-state index in [9.17, 15) is 4.79 Å². The largest absolute Gasteiger partial charge is 0.388 e. The maximum atomic E-state index is 12.6. The van der Waals surface area contributed by atoms with Crippen molar-refractivity contribution in [3.05, 3.63) is 64.6 Å². The van der Waals surface area contributed by atoms with Gasteiger partial charge in [-0.05, 0) is 25.1 Å². The third kappa shape index (κ3) is 1.74. The number of hydrogen-bond donors (Lipinski definition) is 1. The summed E-state index contributed by atoms with van der Waals surface area (Å²) in [5.41, 5.74) is 2.55. The fourth-order valence-electron chi connectivity index (χ4n) is 2.59. The zero-order valence-electron chi connectivity index (χ0n) is 11.4. The Bertz CT molecular complexity index is 996. The second kappa shape index (κ2) is 4.28. The molecule has 0 unspecified atom stereocenters. The van der Waals surface area contributed by atoms with E-state index < -0.39 is 0 Å². The Hall–Kier alpha value is -2.95. The van der Waals surface area contributed by atoms with Gasteiger partial charge in [-0.2, -0.15) is 0 Å². The average molecular weight is 277 g/mol. The number of nitrogens with zero attached hydrogens (tertiary/aromatic N) is 2. The predicted octanol–water partition coefficient (Wildman–Crippen LogP) is 1.99. The lowest BCUT2D eigenvalue weighted by molar-refractivity contribution is -0.341. The third-order valence-electron chi connectivity index (χ3n) is 3.63. The van der Waals surface area contributed by atoms with Gasteiger partial charge in [-0.1, -0.05) is 35.0 Å². The minimum atomic E-state index is -0.140. The van der Waals surface area contributed by atoms with Crippen LogP contribution in [0.1, 0.15) is 5.69 Å². The topological polar surface area (TPSA) is 64.8 Å². The number of para-hydroxylation sites is 2. The maximum Gasteiger partial charge on any atom is 0.388 e. The normalized spacial score (nSPS) is 11.3. The molecule has 0 bridgehead atoms. The molecule has 2 aromatic heterocycles. The second-order valence-corrected chi connectivity index (χ2v) is 4.99. The number of aromatic amines is 2. The summed E-state index contributed by atoms with van der Waals surface area (Å²) in [6.45, 7) is 1.90. The Morgan fingerprint density at radius 3 is 2.57 bits per heavy atom. The van der Waals surface area contributed by atoms with Gasteiger partial charge in [0.15, 0.2) is 0 Å². The SMILES string of the molecule is Cc1nn(-c2[nH]c3ccccc3[nH+]2)c(=O)c2ccccc12. The van der Waals surface area contributed by atoms with Crippen LogP contribution in [0.25, 0.3) is 27.8 Å². The van der Waals surface area contributed by atoms with E-state index in [1.807, 2.05) is 55.5 Å². The van der Waals surface area contributed by atoms with Crippen molar-refractivity contribution in [3.8, 4) is 5.95 Å². The number of benzene rings is 2. The minimum absolute atomic E-state index is 0.140. The van der Waals surface area contributed by atoms with E-state index >= 15 is 0 Å². The third-order valence-corrected chi connectivity index (χ3v) is 3.63. The molecule has 0 aliphatic carbocycles. The first kappa shape index (κ1) is 11.8. The summed E-state index contributed by atoms with van der Waals surface area (Å²) in [6.07, 6.45) is 0. The molecule has 0 aliphatic rings. The van der Waals surface area contributed by atoms with Gasteiger partial charge >= 0.3 is 11.5 Å². The smallest absolute Gasteiger partial charge is 0.248 e. The number of H-pyrrole nitrogens is 2. The molecule has 2 N–H and O–H groups in total. The Morgan fingerprint density at radius 1 is 1.05 bits per heavy atom. The zero-order valence-corrected chi connectivity index (χ0v) is 11.4. The van der Waals surface area contributed by atoms with Gasteiger partial charge in [0, 0.05) is 5.39 Å². The molecule has 2 heterocycles. The van der Waals surface area contributed by atoms with Crippen molar-refractivity contribution in [1.29, 1.82) is 0 Å². The van der Waals surface area contributed by atoms with E-state index in [-0.39, 0.29) is 5.56 Å². The molecule has 5 heteroatoms. The number of imidazole rings is 1. The molecule has 0 amide bonds. The second-order valence-electron chi connectivity index (χ2n) is 4.99. The van der Waals surface area contributed by atoms with Crippen molar-refractivity contribution in [2.45, 2.75) is 6.92 Å². The monoisotopic (exact) mass is 277 g/mol. The van der Waals surface area contributed by atoms with Crippen molar-refractivity contribution in [3.63, 3.8) is 0 Å². The number of nitrogens with one attached hydrogen (secondary N) is 2. The number of fused-ring (bicyclic) bond motifs is 2. The average Bonchev–Trinajstić information content (AvgIpc) is 2.94. The molecule has 0 atom stereocenters. The van der Waals surface area contributed by atoms with Gasteiger partial charge < -0.3 is 0 Å². The van der Waals surface area contributed by atoms with Crippen LogP contribution in [0.3, 0.4) is 0 Å². The zero-order chi connectivity index (χ0) is 14.4. The molecule has 2 aromatic carbocycles. The van der Waals surface area contributed by atoms with Gasteiger partial charge in [-0.3, -0.25) is 0 Å². The number of aromatic nitrogens is 4. The van der Waals surface area contributed by atoms with Gasteiger partial charge in [-0.15, -0.1) is 5.10 Å². The first-order valence-electron chi connectivity index (χ1n) is 6.73. The Morgan fingerprint density at radius 2 is 1.76 bits per heavy atom. The molecule has 0 fully saturated rings. The highest BCUT2D eigenvalue weighted by Crippen LogP contribution is 2.13. The van der Waals surface area contributed by atoms with E-state index in [1.165, 1.54) is 4.68 Å². The number of hydrogen-bond acceptors (Lipinski definition) is 2. The quantitative estimate of drug-likeness (QED) is 0.578. The number of rotatable bonds is 1. The lowest BCUT2D eigenvalue weighted by atomic mass is 10.1. The number of aryl methyl sites for hydroxylation is 1. The maximum absolute atomic E-state index is 12.6.